The van der Waals surface area contributed by atoms with E-state index in [0.29, 0.717) is 26.1 Å². The van der Waals surface area contributed by atoms with Gasteiger partial charge in [-0.3, -0.25) is 4.79 Å². The highest BCUT2D eigenvalue weighted by Gasteiger charge is 2.42. The molecule has 1 aliphatic heterocycles. The van der Waals surface area contributed by atoms with Gasteiger partial charge in [0.2, 0.25) is 15.9 Å². The minimum atomic E-state index is -3.59. The summed E-state index contributed by atoms with van der Waals surface area (Å²) in [5.74, 6) is -0.271. The summed E-state index contributed by atoms with van der Waals surface area (Å²) in [5.41, 5.74) is 0. The topological polar surface area (TPSA) is 75.7 Å². The third-order valence-electron chi connectivity index (χ3n) is 3.23. The van der Waals surface area contributed by atoms with E-state index in [0.717, 1.165) is 0 Å². The summed E-state index contributed by atoms with van der Waals surface area (Å²) in [7, 11) is -2.04. The number of hydrogen-bond acceptors (Lipinski definition) is 4. The lowest BCUT2D eigenvalue weighted by molar-refractivity contribution is -0.127. The SMILES string of the molecule is COCCNC(=O)C1CCN1S(=O)(=O)c1ccccc1. The molecule has 1 aromatic carbocycles. The van der Waals surface area contributed by atoms with E-state index in [2.05, 4.69) is 5.32 Å². The molecule has 1 fully saturated rings. The third kappa shape index (κ3) is 3.00. The zero-order chi connectivity index (χ0) is 14.6. The van der Waals surface area contributed by atoms with Crippen molar-refractivity contribution in [2.45, 2.75) is 17.4 Å². The van der Waals surface area contributed by atoms with Gasteiger partial charge >= 0.3 is 0 Å². The number of sulfonamides is 1. The van der Waals surface area contributed by atoms with Crippen LogP contribution in [-0.4, -0.2) is 51.5 Å². The number of carbonyl (C=O) groups excluding carboxylic acids is 1. The lowest BCUT2D eigenvalue weighted by atomic mass is 10.1. The Morgan fingerprint density at radius 1 is 1.40 bits per heavy atom. The molecule has 0 spiro atoms. The van der Waals surface area contributed by atoms with Crippen LogP contribution in [0.5, 0.6) is 0 Å². The fourth-order valence-electron chi connectivity index (χ4n) is 2.04. The summed E-state index contributed by atoms with van der Waals surface area (Å²) in [6.07, 6.45) is 0.547. The molecule has 20 heavy (non-hydrogen) atoms. The first kappa shape index (κ1) is 15.0. The summed E-state index contributed by atoms with van der Waals surface area (Å²) in [5, 5.41) is 2.67. The molecule has 1 unspecified atom stereocenters. The summed E-state index contributed by atoms with van der Waals surface area (Å²) < 4.78 is 30.8. The molecule has 1 N–H and O–H groups in total. The molecule has 1 atom stereocenters. The Kier molecular flexibility index (Phi) is 4.74. The molecule has 0 aromatic heterocycles. The van der Waals surface area contributed by atoms with E-state index in [1.165, 1.54) is 16.4 Å². The van der Waals surface area contributed by atoms with E-state index in [-0.39, 0.29) is 10.8 Å². The number of benzene rings is 1. The molecule has 1 amide bonds. The van der Waals surface area contributed by atoms with Gasteiger partial charge in [0, 0.05) is 20.2 Å². The number of amides is 1. The van der Waals surface area contributed by atoms with Crippen molar-refractivity contribution in [2.24, 2.45) is 0 Å². The van der Waals surface area contributed by atoms with Gasteiger partial charge in [0.25, 0.3) is 0 Å². The van der Waals surface area contributed by atoms with Crippen LogP contribution < -0.4 is 5.32 Å². The Balaban J connectivity index is 2.05. The Bertz CT molecular complexity index is 559. The van der Waals surface area contributed by atoms with E-state index in [4.69, 9.17) is 4.74 Å². The fourth-order valence-corrected chi connectivity index (χ4v) is 3.69. The van der Waals surface area contributed by atoms with Crippen molar-refractivity contribution in [3.8, 4) is 0 Å². The Morgan fingerprint density at radius 2 is 2.10 bits per heavy atom. The van der Waals surface area contributed by atoms with E-state index >= 15 is 0 Å². The second-order valence-corrected chi connectivity index (χ2v) is 6.41. The standard InChI is InChI=1S/C13H18N2O4S/c1-19-10-8-14-13(16)12-7-9-15(12)20(17,18)11-5-3-2-4-6-11/h2-6,12H,7-10H2,1H3,(H,14,16). The van der Waals surface area contributed by atoms with Gasteiger partial charge in [-0.25, -0.2) is 8.42 Å². The normalized spacial score (nSPS) is 19.4. The van der Waals surface area contributed by atoms with Gasteiger partial charge in [0.1, 0.15) is 6.04 Å². The highest BCUT2D eigenvalue weighted by molar-refractivity contribution is 7.89. The highest BCUT2D eigenvalue weighted by atomic mass is 32.2. The van der Waals surface area contributed by atoms with Gasteiger partial charge in [-0.15, -0.1) is 0 Å². The molecule has 1 saturated heterocycles. The summed E-state index contributed by atoms with van der Waals surface area (Å²) in [6.45, 7) is 1.16. The van der Waals surface area contributed by atoms with Crippen LogP contribution in [0.25, 0.3) is 0 Å². The lowest BCUT2D eigenvalue weighted by Crippen LogP contribution is -2.58. The van der Waals surface area contributed by atoms with E-state index in [1.54, 1.807) is 25.3 Å². The van der Waals surface area contributed by atoms with Gasteiger partial charge in [-0.2, -0.15) is 4.31 Å². The van der Waals surface area contributed by atoms with Gasteiger partial charge in [-0.05, 0) is 18.6 Å². The Labute approximate surface area is 118 Å². The maximum Gasteiger partial charge on any atom is 0.243 e. The molecule has 0 aliphatic carbocycles. The van der Waals surface area contributed by atoms with Crippen LogP contribution in [0.4, 0.5) is 0 Å². The van der Waals surface area contributed by atoms with Crippen molar-refractivity contribution in [1.82, 2.24) is 9.62 Å². The van der Waals surface area contributed by atoms with Crippen LogP contribution in [-0.2, 0) is 19.6 Å². The van der Waals surface area contributed by atoms with Crippen molar-refractivity contribution in [3.05, 3.63) is 30.3 Å². The molecule has 6 nitrogen and oxygen atoms in total. The number of rotatable bonds is 6. The maximum atomic E-state index is 12.4. The van der Waals surface area contributed by atoms with Crippen molar-refractivity contribution in [1.29, 1.82) is 0 Å². The number of methoxy groups -OCH3 is 1. The van der Waals surface area contributed by atoms with Crippen molar-refractivity contribution in [3.63, 3.8) is 0 Å². The van der Waals surface area contributed by atoms with Crippen molar-refractivity contribution in [2.75, 3.05) is 26.8 Å². The zero-order valence-electron chi connectivity index (χ0n) is 11.3. The zero-order valence-corrected chi connectivity index (χ0v) is 12.1. The summed E-state index contributed by atoms with van der Waals surface area (Å²) in [6, 6.07) is 7.54. The van der Waals surface area contributed by atoms with Gasteiger partial charge in [0.05, 0.1) is 11.5 Å². The largest absolute Gasteiger partial charge is 0.383 e. The number of hydrogen-bond donors (Lipinski definition) is 1. The van der Waals surface area contributed by atoms with E-state index < -0.39 is 16.1 Å². The molecule has 1 aliphatic rings. The predicted molar refractivity (Wildman–Crippen MR) is 73.6 cm³/mol. The Hall–Kier alpha value is -1.44. The minimum Gasteiger partial charge on any atom is -0.383 e. The first-order valence-corrected chi connectivity index (χ1v) is 7.85. The van der Waals surface area contributed by atoms with Gasteiger partial charge in [-0.1, -0.05) is 18.2 Å². The Morgan fingerprint density at radius 3 is 2.65 bits per heavy atom. The van der Waals surface area contributed by atoms with Crippen LogP contribution in [0.1, 0.15) is 6.42 Å². The van der Waals surface area contributed by atoms with Gasteiger partial charge < -0.3 is 10.1 Å². The van der Waals surface area contributed by atoms with Crippen LogP contribution in [0.15, 0.2) is 35.2 Å². The molecule has 0 saturated carbocycles. The maximum absolute atomic E-state index is 12.4. The minimum absolute atomic E-state index is 0.217. The average Bonchev–Trinajstić information content (AvgIpc) is 2.38. The van der Waals surface area contributed by atoms with Crippen molar-refractivity contribution < 1.29 is 17.9 Å². The van der Waals surface area contributed by atoms with E-state index in [9.17, 15) is 13.2 Å². The molecular formula is C13H18N2O4S. The highest BCUT2D eigenvalue weighted by Crippen LogP contribution is 2.26. The average molecular weight is 298 g/mol. The summed E-state index contributed by atoms with van der Waals surface area (Å²) >= 11 is 0. The summed E-state index contributed by atoms with van der Waals surface area (Å²) in [4.78, 5) is 12.1. The monoisotopic (exact) mass is 298 g/mol. The van der Waals surface area contributed by atoms with Crippen molar-refractivity contribution >= 4 is 15.9 Å². The third-order valence-corrected chi connectivity index (χ3v) is 5.15. The lowest BCUT2D eigenvalue weighted by Gasteiger charge is -2.38. The molecular weight excluding hydrogens is 280 g/mol. The number of carbonyl (C=O) groups is 1. The molecule has 0 bridgehead atoms. The molecule has 1 aromatic rings. The van der Waals surface area contributed by atoms with Crippen LogP contribution in [0.3, 0.4) is 0 Å². The molecule has 1 heterocycles. The second-order valence-electron chi connectivity index (χ2n) is 4.52. The number of nitrogens with one attached hydrogen (secondary N) is 1. The van der Waals surface area contributed by atoms with Gasteiger partial charge in [0.15, 0.2) is 0 Å². The molecule has 2 rings (SSSR count). The smallest absolute Gasteiger partial charge is 0.243 e. The van der Waals surface area contributed by atoms with Crippen LogP contribution in [0, 0.1) is 0 Å². The second kappa shape index (κ2) is 6.34. The number of ether oxygens (including phenoxy) is 1. The quantitative estimate of drug-likeness (QED) is 0.762. The first-order valence-electron chi connectivity index (χ1n) is 6.41. The molecule has 7 heteroatoms. The van der Waals surface area contributed by atoms with Crippen LogP contribution in [0.2, 0.25) is 0 Å². The first-order chi connectivity index (χ1) is 9.57. The van der Waals surface area contributed by atoms with Crippen LogP contribution >= 0.6 is 0 Å². The van der Waals surface area contributed by atoms with E-state index in [1.807, 2.05) is 0 Å². The molecule has 110 valence electrons. The predicted octanol–water partition coefficient (Wildman–Crippen LogP) is 0.212. The fraction of sp³-hybridized carbons (Fsp3) is 0.462. The number of nitrogens with zero attached hydrogens (tertiary/aromatic N) is 1. The molecule has 0 radical (unpaired) electrons.